The Labute approximate surface area is 101 Å². The van der Waals surface area contributed by atoms with Crippen LogP contribution in [-0.2, 0) is 0 Å². The van der Waals surface area contributed by atoms with Gasteiger partial charge < -0.3 is 5.21 Å². The number of nitrogens with zero attached hydrogens (tertiary/aromatic N) is 5. The minimum absolute atomic E-state index is 0.0900. The largest absolute Gasteiger partial charge is 0.692 e. The molecule has 1 aromatic carbocycles. The van der Waals surface area contributed by atoms with E-state index in [1.165, 1.54) is 11.1 Å². The van der Waals surface area contributed by atoms with Gasteiger partial charge in [-0.15, -0.1) is 4.85 Å². The molecule has 0 aliphatic heterocycles. The molecule has 2 aromatic heterocycles. The Hall–Kier alpha value is -2.21. The lowest BCUT2D eigenvalue weighted by molar-refractivity contribution is -0.664. The highest BCUT2D eigenvalue weighted by Crippen LogP contribution is 2.14. The lowest BCUT2D eigenvalue weighted by Crippen LogP contribution is -2.37. The van der Waals surface area contributed by atoms with Crippen molar-refractivity contribution < 1.29 is 4.85 Å². The van der Waals surface area contributed by atoms with Gasteiger partial charge in [-0.25, -0.2) is 4.98 Å². The molecule has 0 saturated carbocycles. The summed E-state index contributed by atoms with van der Waals surface area (Å²) in [6.07, 6.45) is 1.27. The second-order valence-corrected chi connectivity index (χ2v) is 3.69. The number of halogens is 1. The van der Waals surface area contributed by atoms with Crippen molar-refractivity contribution in [1.82, 2.24) is 19.9 Å². The van der Waals surface area contributed by atoms with Crippen LogP contribution in [0.15, 0.2) is 36.7 Å². The fourth-order valence-corrected chi connectivity index (χ4v) is 1.74. The third-order valence-electron chi connectivity index (χ3n) is 2.30. The van der Waals surface area contributed by atoms with Crippen molar-refractivity contribution in [2.75, 3.05) is 0 Å². The van der Waals surface area contributed by atoms with Crippen LogP contribution in [-0.4, -0.2) is 19.9 Å². The van der Waals surface area contributed by atoms with Gasteiger partial charge in [-0.05, 0) is 16.9 Å². The molecule has 0 aliphatic rings. The number of hydrogen-bond donors (Lipinski definition) is 0. The van der Waals surface area contributed by atoms with Gasteiger partial charge in [0.1, 0.15) is 12.0 Å². The average Bonchev–Trinajstić information content (AvgIpc) is 2.69. The molecule has 7 heteroatoms. The Morgan fingerprint density at radius 2 is 1.94 bits per heavy atom. The summed E-state index contributed by atoms with van der Waals surface area (Å²) in [6, 6.07) is 9.02. The number of rotatable bonds is 1. The van der Waals surface area contributed by atoms with Gasteiger partial charge in [0.15, 0.2) is 5.15 Å². The van der Waals surface area contributed by atoms with Crippen LogP contribution in [0.25, 0.3) is 16.9 Å². The smallest absolute Gasteiger partial charge is 0.347 e. The van der Waals surface area contributed by atoms with Crippen LogP contribution in [0.5, 0.6) is 0 Å². The van der Waals surface area contributed by atoms with Gasteiger partial charge >= 0.3 is 5.65 Å². The van der Waals surface area contributed by atoms with Crippen LogP contribution in [0.4, 0.5) is 0 Å². The molecule has 0 amide bonds. The lowest BCUT2D eigenvalue weighted by atomic mass is 10.3. The van der Waals surface area contributed by atoms with Crippen LogP contribution in [0, 0.1) is 5.21 Å². The van der Waals surface area contributed by atoms with Gasteiger partial charge in [0.05, 0.1) is 5.10 Å². The van der Waals surface area contributed by atoms with E-state index in [1.54, 1.807) is 12.1 Å². The maximum Gasteiger partial charge on any atom is 0.347 e. The van der Waals surface area contributed by atoms with Crippen LogP contribution in [0.2, 0.25) is 5.15 Å². The summed E-state index contributed by atoms with van der Waals surface area (Å²) in [7, 11) is 0. The Bertz CT molecular complexity index is 682. The first-order valence-corrected chi connectivity index (χ1v) is 5.19. The molecule has 17 heavy (non-hydrogen) atoms. The van der Waals surface area contributed by atoms with Gasteiger partial charge in [0, 0.05) is 0 Å². The van der Waals surface area contributed by atoms with E-state index in [0.717, 1.165) is 0 Å². The maximum absolute atomic E-state index is 12.0. The molecule has 0 aliphatic carbocycles. The average molecular weight is 248 g/mol. The first kappa shape index (κ1) is 9.98. The number of hydrogen-bond acceptors (Lipinski definition) is 4. The molecule has 0 bridgehead atoms. The van der Waals surface area contributed by atoms with E-state index in [0.29, 0.717) is 10.5 Å². The summed E-state index contributed by atoms with van der Waals surface area (Å²) in [5.41, 5.74) is 1.07. The van der Waals surface area contributed by atoms with E-state index >= 15 is 0 Å². The van der Waals surface area contributed by atoms with E-state index in [9.17, 15) is 5.21 Å². The van der Waals surface area contributed by atoms with Crippen molar-refractivity contribution in [3.63, 3.8) is 0 Å². The molecule has 0 atom stereocenters. The Kier molecular flexibility index (Phi) is 2.15. The van der Waals surface area contributed by atoms with E-state index in [4.69, 9.17) is 11.6 Å². The molecule has 84 valence electrons. The van der Waals surface area contributed by atoms with Crippen molar-refractivity contribution in [1.29, 1.82) is 0 Å². The Balaban J connectivity index is 2.33. The van der Waals surface area contributed by atoms with Crippen LogP contribution < -0.4 is 4.85 Å². The standard InChI is InChI=1S/C10H6ClN5O/c11-9-8-10(13-6-12-9)14-15(16(8)17)7-4-2-1-3-5-7/h1-6H. The first-order valence-electron chi connectivity index (χ1n) is 4.82. The number of para-hydroxylation sites is 1. The van der Waals surface area contributed by atoms with E-state index in [2.05, 4.69) is 15.1 Å². The fourth-order valence-electron chi connectivity index (χ4n) is 1.54. The first-order chi connectivity index (χ1) is 8.27. The molecular formula is C10H6ClN5O. The second kappa shape index (κ2) is 3.67. The van der Waals surface area contributed by atoms with Gasteiger partial charge in [-0.2, -0.15) is 4.98 Å². The molecule has 0 saturated heterocycles. The quantitative estimate of drug-likeness (QED) is 0.367. The molecule has 0 unspecified atom stereocenters. The van der Waals surface area contributed by atoms with Crippen molar-refractivity contribution >= 4 is 22.8 Å². The van der Waals surface area contributed by atoms with Crippen molar-refractivity contribution in [3.8, 4) is 5.69 Å². The Morgan fingerprint density at radius 3 is 2.65 bits per heavy atom. The lowest BCUT2D eigenvalue weighted by Gasteiger charge is -2.02. The van der Waals surface area contributed by atoms with Gasteiger partial charge in [0.25, 0.3) is 5.52 Å². The molecule has 0 radical (unpaired) electrons. The monoisotopic (exact) mass is 247 g/mol. The zero-order chi connectivity index (χ0) is 11.8. The fraction of sp³-hybridized carbons (Fsp3) is 0. The highest BCUT2D eigenvalue weighted by molar-refractivity contribution is 6.33. The van der Waals surface area contributed by atoms with Gasteiger partial charge in [-0.3, -0.25) is 0 Å². The number of aromatic nitrogens is 5. The van der Waals surface area contributed by atoms with E-state index in [1.807, 2.05) is 18.2 Å². The third-order valence-corrected chi connectivity index (χ3v) is 2.57. The van der Waals surface area contributed by atoms with Crippen LogP contribution in [0.1, 0.15) is 0 Å². The summed E-state index contributed by atoms with van der Waals surface area (Å²) < 4.78 is 0. The van der Waals surface area contributed by atoms with E-state index in [-0.39, 0.29) is 16.3 Å². The SMILES string of the molecule is [O-][n+]1c2c(Cl)ncnc2nn1-c1ccccc1. The molecule has 3 rings (SSSR count). The zero-order valence-corrected chi connectivity index (χ0v) is 9.24. The van der Waals surface area contributed by atoms with Crippen LogP contribution in [0.3, 0.4) is 0 Å². The zero-order valence-electron chi connectivity index (χ0n) is 8.49. The highest BCUT2D eigenvalue weighted by atomic mass is 35.5. The van der Waals surface area contributed by atoms with Gasteiger partial charge in [0.2, 0.25) is 0 Å². The number of benzene rings is 1. The number of fused-ring (bicyclic) bond motifs is 1. The summed E-state index contributed by atoms with van der Waals surface area (Å²) >= 11 is 5.84. The summed E-state index contributed by atoms with van der Waals surface area (Å²) in [4.78, 5) is 9.42. The Morgan fingerprint density at radius 1 is 1.18 bits per heavy atom. The minimum atomic E-state index is 0.0900. The van der Waals surface area contributed by atoms with Crippen molar-refractivity contribution in [2.45, 2.75) is 0 Å². The maximum atomic E-state index is 12.0. The molecule has 6 nitrogen and oxygen atoms in total. The van der Waals surface area contributed by atoms with Crippen LogP contribution >= 0.6 is 11.6 Å². The van der Waals surface area contributed by atoms with E-state index < -0.39 is 0 Å². The predicted molar refractivity (Wildman–Crippen MR) is 60.6 cm³/mol. The second-order valence-electron chi connectivity index (χ2n) is 3.33. The molecule has 2 heterocycles. The summed E-state index contributed by atoms with van der Waals surface area (Å²) in [5, 5.41) is 16.2. The molecular weight excluding hydrogens is 242 g/mol. The van der Waals surface area contributed by atoms with Gasteiger partial charge in [-0.1, -0.05) is 29.8 Å². The van der Waals surface area contributed by atoms with Crippen molar-refractivity contribution in [3.05, 3.63) is 47.0 Å². The molecule has 3 aromatic rings. The molecule has 0 spiro atoms. The molecule has 0 fully saturated rings. The normalized spacial score (nSPS) is 10.9. The summed E-state index contributed by atoms with van der Waals surface area (Å²) in [5.74, 6) is 0. The summed E-state index contributed by atoms with van der Waals surface area (Å²) in [6.45, 7) is 0. The minimum Gasteiger partial charge on any atom is -0.692 e. The predicted octanol–water partition coefficient (Wildman–Crippen LogP) is 1.10. The third kappa shape index (κ3) is 1.50. The molecule has 0 N–H and O–H groups in total. The highest BCUT2D eigenvalue weighted by Gasteiger charge is 2.20. The van der Waals surface area contributed by atoms with Crippen molar-refractivity contribution in [2.24, 2.45) is 0 Å². The topological polar surface area (TPSA) is 70.5 Å².